The number of hydrogen-bond acceptors (Lipinski definition) is 6. The molecule has 28 heavy (non-hydrogen) atoms. The number of carbonyl (C=O) groups is 3. The molecular formula is C21H23NO5S. The summed E-state index contributed by atoms with van der Waals surface area (Å²) in [6, 6.07) is 6.11. The number of carbonyl (C=O) groups excluding carboxylic acids is 3. The fraction of sp³-hybridized carbons (Fsp3) is 0.381. The number of benzene rings is 1. The highest BCUT2D eigenvalue weighted by Crippen LogP contribution is 2.38. The summed E-state index contributed by atoms with van der Waals surface area (Å²) < 4.78 is 10.2. The maximum Gasteiger partial charge on any atom is 0.339 e. The molecule has 0 aliphatic carbocycles. The SMILES string of the molecule is COC(=O)c1c(C)[nH]c(C(=O)[C@H](C)OC(=O)[C@H]2Cc3ccc(C)cc3S2)c1C. The summed E-state index contributed by atoms with van der Waals surface area (Å²) in [7, 11) is 1.29. The molecule has 7 heteroatoms. The van der Waals surface area contributed by atoms with E-state index >= 15 is 0 Å². The lowest BCUT2D eigenvalue weighted by molar-refractivity contribution is -0.145. The number of ketones is 1. The van der Waals surface area contributed by atoms with Gasteiger partial charge in [-0.1, -0.05) is 17.7 Å². The summed E-state index contributed by atoms with van der Waals surface area (Å²) in [6.45, 7) is 6.92. The Kier molecular flexibility index (Phi) is 5.65. The van der Waals surface area contributed by atoms with E-state index in [-0.39, 0.29) is 16.7 Å². The van der Waals surface area contributed by atoms with Gasteiger partial charge >= 0.3 is 11.9 Å². The second-order valence-corrected chi connectivity index (χ2v) is 8.23. The highest BCUT2D eigenvalue weighted by Gasteiger charge is 2.33. The van der Waals surface area contributed by atoms with Gasteiger partial charge in [0, 0.05) is 10.6 Å². The van der Waals surface area contributed by atoms with Crippen LogP contribution in [0.1, 0.15) is 50.2 Å². The molecule has 0 amide bonds. The van der Waals surface area contributed by atoms with Crippen LogP contribution in [0.2, 0.25) is 0 Å². The Balaban J connectivity index is 1.70. The van der Waals surface area contributed by atoms with Gasteiger partial charge in [-0.2, -0.15) is 0 Å². The van der Waals surface area contributed by atoms with Crippen LogP contribution in [-0.4, -0.2) is 41.2 Å². The normalized spacial score (nSPS) is 16.4. The minimum absolute atomic E-state index is 0.260. The first-order chi connectivity index (χ1) is 13.2. The van der Waals surface area contributed by atoms with Crippen molar-refractivity contribution in [2.45, 2.75) is 50.4 Å². The van der Waals surface area contributed by atoms with Crippen LogP contribution < -0.4 is 0 Å². The van der Waals surface area contributed by atoms with Crippen LogP contribution in [0, 0.1) is 20.8 Å². The summed E-state index contributed by atoms with van der Waals surface area (Å²) in [6.07, 6.45) is -0.367. The molecule has 6 nitrogen and oxygen atoms in total. The quantitative estimate of drug-likeness (QED) is 0.609. The monoisotopic (exact) mass is 401 g/mol. The fourth-order valence-electron chi connectivity index (χ4n) is 3.38. The summed E-state index contributed by atoms with van der Waals surface area (Å²) in [5.41, 5.74) is 3.90. The van der Waals surface area contributed by atoms with Gasteiger partial charge < -0.3 is 14.5 Å². The van der Waals surface area contributed by atoms with Gasteiger partial charge in [-0.15, -0.1) is 11.8 Å². The number of aromatic nitrogens is 1. The zero-order valence-electron chi connectivity index (χ0n) is 16.5. The van der Waals surface area contributed by atoms with Crippen molar-refractivity contribution in [1.29, 1.82) is 0 Å². The highest BCUT2D eigenvalue weighted by molar-refractivity contribution is 8.01. The van der Waals surface area contributed by atoms with Crippen molar-refractivity contribution in [2.24, 2.45) is 0 Å². The zero-order valence-corrected chi connectivity index (χ0v) is 17.4. The number of esters is 2. The van der Waals surface area contributed by atoms with Crippen LogP contribution >= 0.6 is 11.8 Å². The fourth-order valence-corrected chi connectivity index (χ4v) is 4.66. The number of aryl methyl sites for hydroxylation is 2. The van der Waals surface area contributed by atoms with E-state index in [9.17, 15) is 14.4 Å². The molecular weight excluding hydrogens is 378 g/mol. The number of hydrogen-bond donors (Lipinski definition) is 1. The number of Topliss-reactive ketones (excluding diaryl/α,β-unsaturated/α-hetero) is 1. The van der Waals surface area contributed by atoms with Gasteiger partial charge in [-0.05, 0) is 51.3 Å². The molecule has 2 atom stereocenters. The third-order valence-corrected chi connectivity index (χ3v) is 6.17. The van der Waals surface area contributed by atoms with Crippen LogP contribution in [0.25, 0.3) is 0 Å². The van der Waals surface area contributed by atoms with Gasteiger partial charge in [0.15, 0.2) is 6.10 Å². The first kappa shape index (κ1) is 20.2. The molecule has 1 aliphatic rings. The molecule has 2 aromatic rings. The Labute approximate surface area is 168 Å². The minimum atomic E-state index is -0.958. The van der Waals surface area contributed by atoms with Crippen LogP contribution in [0.5, 0.6) is 0 Å². The Morgan fingerprint density at radius 3 is 2.61 bits per heavy atom. The standard InChI is InChI=1S/C21H23NO5S/c1-10-6-7-14-9-16(28-15(14)8-10)20(24)27-13(4)19(23)18-11(2)17(12(3)22-18)21(25)26-5/h6-8,13,16,22H,9H2,1-5H3/t13-,16+/m0/s1. The average Bonchev–Trinajstić information content (AvgIpc) is 3.20. The Hall–Kier alpha value is -2.54. The molecule has 1 aliphatic heterocycles. The van der Waals surface area contributed by atoms with Gasteiger partial charge in [0.05, 0.1) is 18.4 Å². The first-order valence-corrected chi connectivity index (χ1v) is 9.89. The second-order valence-electron chi connectivity index (χ2n) is 6.98. The molecule has 0 unspecified atom stereocenters. The number of thioether (sulfide) groups is 1. The molecule has 0 spiro atoms. The van der Waals surface area contributed by atoms with E-state index in [1.807, 2.05) is 19.1 Å². The van der Waals surface area contributed by atoms with Gasteiger partial charge in [-0.25, -0.2) is 4.79 Å². The van der Waals surface area contributed by atoms with Crippen molar-refractivity contribution in [1.82, 2.24) is 4.98 Å². The van der Waals surface area contributed by atoms with E-state index in [4.69, 9.17) is 9.47 Å². The van der Waals surface area contributed by atoms with Crippen molar-refractivity contribution in [3.05, 3.63) is 51.8 Å². The number of nitrogens with one attached hydrogen (secondary N) is 1. The Morgan fingerprint density at radius 1 is 1.21 bits per heavy atom. The summed E-state index contributed by atoms with van der Waals surface area (Å²) in [5.74, 6) is -1.29. The highest BCUT2D eigenvalue weighted by atomic mass is 32.2. The largest absolute Gasteiger partial charge is 0.465 e. The Bertz CT molecular complexity index is 962. The zero-order chi connectivity index (χ0) is 20.6. The molecule has 1 N–H and O–H groups in total. The van der Waals surface area contributed by atoms with Crippen molar-refractivity contribution in [2.75, 3.05) is 7.11 Å². The van der Waals surface area contributed by atoms with Gasteiger partial charge in [-0.3, -0.25) is 9.59 Å². The number of aromatic amines is 1. The molecule has 0 bridgehead atoms. The van der Waals surface area contributed by atoms with Gasteiger partial charge in [0.1, 0.15) is 5.25 Å². The van der Waals surface area contributed by atoms with E-state index in [1.54, 1.807) is 20.8 Å². The summed E-state index contributed by atoms with van der Waals surface area (Å²) in [5, 5.41) is -0.357. The molecule has 1 aromatic heterocycles. The topological polar surface area (TPSA) is 85.5 Å². The summed E-state index contributed by atoms with van der Waals surface area (Å²) >= 11 is 1.47. The maximum absolute atomic E-state index is 12.8. The number of ether oxygens (including phenoxy) is 2. The molecule has 148 valence electrons. The predicted octanol–water partition coefficient (Wildman–Crippen LogP) is 3.56. The maximum atomic E-state index is 12.8. The van der Waals surface area contributed by atoms with Crippen LogP contribution in [0.3, 0.4) is 0 Å². The molecule has 0 radical (unpaired) electrons. The number of H-pyrrole nitrogens is 1. The molecule has 0 saturated heterocycles. The van der Waals surface area contributed by atoms with E-state index in [2.05, 4.69) is 11.1 Å². The molecule has 3 rings (SSSR count). The lowest BCUT2D eigenvalue weighted by Crippen LogP contribution is -2.30. The van der Waals surface area contributed by atoms with Crippen molar-refractivity contribution in [3.63, 3.8) is 0 Å². The second kappa shape index (κ2) is 7.83. The lowest BCUT2D eigenvalue weighted by Gasteiger charge is -2.15. The van der Waals surface area contributed by atoms with E-state index in [0.717, 1.165) is 16.0 Å². The number of rotatable bonds is 5. The van der Waals surface area contributed by atoms with Gasteiger partial charge in [0.25, 0.3) is 0 Å². The van der Waals surface area contributed by atoms with E-state index in [1.165, 1.54) is 18.9 Å². The van der Waals surface area contributed by atoms with Crippen molar-refractivity contribution in [3.8, 4) is 0 Å². The van der Waals surface area contributed by atoms with E-state index in [0.29, 0.717) is 23.2 Å². The molecule has 2 heterocycles. The van der Waals surface area contributed by atoms with Crippen LogP contribution in [0.15, 0.2) is 23.1 Å². The van der Waals surface area contributed by atoms with Crippen LogP contribution in [-0.2, 0) is 20.7 Å². The van der Waals surface area contributed by atoms with Crippen molar-refractivity contribution < 1.29 is 23.9 Å². The molecule has 1 aromatic carbocycles. The smallest absolute Gasteiger partial charge is 0.339 e. The average molecular weight is 401 g/mol. The van der Waals surface area contributed by atoms with Gasteiger partial charge in [0.2, 0.25) is 5.78 Å². The van der Waals surface area contributed by atoms with Crippen molar-refractivity contribution >= 4 is 29.5 Å². The molecule has 0 fully saturated rings. The predicted molar refractivity (Wildman–Crippen MR) is 106 cm³/mol. The minimum Gasteiger partial charge on any atom is -0.465 e. The Morgan fingerprint density at radius 2 is 1.93 bits per heavy atom. The third-order valence-electron chi connectivity index (χ3n) is 4.90. The number of methoxy groups -OCH3 is 1. The third kappa shape index (κ3) is 3.71. The summed E-state index contributed by atoms with van der Waals surface area (Å²) in [4.78, 5) is 41.3. The van der Waals surface area contributed by atoms with Crippen LogP contribution in [0.4, 0.5) is 0 Å². The first-order valence-electron chi connectivity index (χ1n) is 9.01. The lowest BCUT2D eigenvalue weighted by atomic mass is 10.1. The molecule has 0 saturated carbocycles. The number of fused-ring (bicyclic) bond motifs is 1. The van der Waals surface area contributed by atoms with E-state index < -0.39 is 18.0 Å².